The third-order valence-corrected chi connectivity index (χ3v) is 4.16. The largest absolute Gasteiger partial charge is 0.481 e. The lowest BCUT2D eigenvalue weighted by Crippen LogP contribution is -2.41. The molecule has 20 heavy (non-hydrogen) atoms. The number of likely N-dealkylation sites (tertiary alicyclic amines) is 1. The average Bonchev–Trinajstić information content (AvgIpc) is 2.88. The number of aromatic nitrogens is 1. The van der Waals surface area contributed by atoms with Gasteiger partial charge >= 0.3 is 5.97 Å². The zero-order valence-electron chi connectivity index (χ0n) is 11.3. The maximum atomic E-state index is 12.2. The summed E-state index contributed by atoms with van der Waals surface area (Å²) in [6.07, 6.45) is 1.47. The van der Waals surface area contributed by atoms with Crippen molar-refractivity contribution in [3.63, 3.8) is 0 Å². The maximum absolute atomic E-state index is 12.2. The molecule has 1 aliphatic heterocycles. The van der Waals surface area contributed by atoms with Gasteiger partial charge in [-0.25, -0.2) is 4.98 Å². The van der Waals surface area contributed by atoms with Crippen molar-refractivity contribution in [2.24, 2.45) is 5.92 Å². The number of carbonyl (C=O) groups is 2. The van der Waals surface area contributed by atoms with Crippen molar-refractivity contribution in [1.29, 1.82) is 0 Å². The van der Waals surface area contributed by atoms with Crippen LogP contribution in [0.3, 0.4) is 0 Å². The van der Waals surface area contributed by atoms with E-state index in [0.29, 0.717) is 38.1 Å². The highest BCUT2D eigenvalue weighted by atomic mass is 32.1. The quantitative estimate of drug-likeness (QED) is 0.892. The molecule has 1 saturated heterocycles. The van der Waals surface area contributed by atoms with Crippen LogP contribution in [0.1, 0.15) is 31.0 Å². The monoisotopic (exact) mass is 298 g/mol. The smallest absolute Gasteiger partial charge is 0.309 e. The van der Waals surface area contributed by atoms with Gasteiger partial charge in [-0.2, -0.15) is 0 Å². The number of carboxylic acids is 1. The Hall–Kier alpha value is -1.47. The van der Waals surface area contributed by atoms with Crippen molar-refractivity contribution in [2.45, 2.75) is 25.3 Å². The van der Waals surface area contributed by atoms with Gasteiger partial charge in [-0.3, -0.25) is 9.59 Å². The van der Waals surface area contributed by atoms with E-state index in [1.807, 2.05) is 5.38 Å². The fourth-order valence-corrected chi connectivity index (χ4v) is 3.18. The van der Waals surface area contributed by atoms with Crippen molar-refractivity contribution >= 4 is 23.2 Å². The van der Waals surface area contributed by atoms with E-state index in [1.54, 1.807) is 17.5 Å². The van der Waals surface area contributed by atoms with Gasteiger partial charge in [-0.15, -0.1) is 11.3 Å². The Labute approximate surface area is 121 Å². The first-order chi connectivity index (χ1) is 9.65. The Morgan fingerprint density at radius 1 is 1.65 bits per heavy atom. The zero-order valence-corrected chi connectivity index (χ0v) is 12.1. The third kappa shape index (κ3) is 3.16. The number of thiazole rings is 1. The van der Waals surface area contributed by atoms with Crippen LogP contribution in [0.15, 0.2) is 10.9 Å². The highest BCUT2D eigenvalue weighted by molar-refractivity contribution is 7.07. The SMILES string of the molecule is COCCN1C(=O)CCCC(C(=O)O)C1c1cscn1. The first-order valence-corrected chi connectivity index (χ1v) is 7.48. The van der Waals surface area contributed by atoms with Crippen molar-refractivity contribution < 1.29 is 19.4 Å². The number of aliphatic carboxylic acids is 1. The second-order valence-corrected chi connectivity index (χ2v) is 5.49. The Morgan fingerprint density at radius 3 is 3.05 bits per heavy atom. The lowest BCUT2D eigenvalue weighted by Gasteiger charge is -2.32. The van der Waals surface area contributed by atoms with Crippen molar-refractivity contribution in [3.8, 4) is 0 Å². The highest BCUT2D eigenvalue weighted by Gasteiger charge is 2.39. The first kappa shape index (κ1) is 14.9. The van der Waals surface area contributed by atoms with Crippen LogP contribution in [-0.2, 0) is 14.3 Å². The van der Waals surface area contributed by atoms with Gasteiger partial charge in [0, 0.05) is 25.5 Å². The predicted molar refractivity (Wildman–Crippen MR) is 73.4 cm³/mol. The van der Waals surface area contributed by atoms with E-state index in [0.717, 1.165) is 0 Å². The van der Waals surface area contributed by atoms with Crippen LogP contribution in [0, 0.1) is 5.92 Å². The maximum Gasteiger partial charge on any atom is 0.309 e. The summed E-state index contributed by atoms with van der Waals surface area (Å²) >= 11 is 1.41. The molecule has 0 aliphatic carbocycles. The molecule has 6 nitrogen and oxygen atoms in total. The predicted octanol–water partition coefficient (Wildman–Crippen LogP) is 1.54. The molecule has 1 aromatic heterocycles. The van der Waals surface area contributed by atoms with Crippen LogP contribution in [0.4, 0.5) is 0 Å². The van der Waals surface area contributed by atoms with Crippen LogP contribution in [0.2, 0.25) is 0 Å². The summed E-state index contributed by atoms with van der Waals surface area (Å²) < 4.78 is 5.04. The minimum atomic E-state index is -0.875. The zero-order chi connectivity index (χ0) is 14.5. The summed E-state index contributed by atoms with van der Waals surface area (Å²) in [4.78, 5) is 29.6. The molecule has 2 unspecified atom stereocenters. The minimum Gasteiger partial charge on any atom is -0.481 e. The Balaban J connectivity index is 2.35. The van der Waals surface area contributed by atoms with Gasteiger partial charge in [0.1, 0.15) is 0 Å². The molecule has 2 heterocycles. The van der Waals surface area contributed by atoms with Crippen molar-refractivity contribution in [2.75, 3.05) is 20.3 Å². The van der Waals surface area contributed by atoms with E-state index < -0.39 is 17.9 Å². The number of rotatable bonds is 5. The topological polar surface area (TPSA) is 79.7 Å². The second-order valence-electron chi connectivity index (χ2n) is 4.78. The molecule has 7 heteroatoms. The third-order valence-electron chi connectivity index (χ3n) is 3.55. The normalized spacial score (nSPS) is 23.6. The number of hydrogen-bond donors (Lipinski definition) is 1. The number of carbonyl (C=O) groups excluding carboxylic acids is 1. The van der Waals surface area contributed by atoms with E-state index in [9.17, 15) is 14.7 Å². The van der Waals surface area contributed by atoms with E-state index in [-0.39, 0.29) is 5.91 Å². The minimum absolute atomic E-state index is 0.0243. The molecule has 2 atom stereocenters. The van der Waals surface area contributed by atoms with Crippen LogP contribution in [0.25, 0.3) is 0 Å². The Kier molecular flexibility index (Phi) is 5.08. The lowest BCUT2D eigenvalue weighted by molar-refractivity contribution is -0.146. The number of hydrogen-bond acceptors (Lipinski definition) is 5. The highest BCUT2D eigenvalue weighted by Crippen LogP contribution is 2.35. The molecule has 0 bridgehead atoms. The van der Waals surface area contributed by atoms with E-state index in [2.05, 4.69) is 4.98 Å². The van der Waals surface area contributed by atoms with E-state index in [1.165, 1.54) is 11.3 Å². The molecule has 0 aromatic carbocycles. The lowest BCUT2D eigenvalue weighted by atomic mass is 9.93. The molecule has 0 spiro atoms. The average molecular weight is 298 g/mol. The van der Waals surface area contributed by atoms with Crippen LogP contribution in [-0.4, -0.2) is 47.1 Å². The summed E-state index contributed by atoms with van der Waals surface area (Å²) in [6.45, 7) is 0.778. The van der Waals surface area contributed by atoms with Gasteiger partial charge in [0.15, 0.2) is 0 Å². The number of amides is 1. The van der Waals surface area contributed by atoms with E-state index >= 15 is 0 Å². The summed E-state index contributed by atoms with van der Waals surface area (Å²) in [5, 5.41) is 11.3. The molecule has 0 saturated carbocycles. The fraction of sp³-hybridized carbons (Fsp3) is 0.615. The number of ether oxygens (including phenoxy) is 1. The number of carboxylic acid groups (broad SMARTS) is 1. The van der Waals surface area contributed by atoms with Gasteiger partial charge in [-0.1, -0.05) is 0 Å². The molecule has 1 aliphatic rings. The van der Waals surface area contributed by atoms with Gasteiger partial charge in [0.25, 0.3) is 0 Å². The molecular weight excluding hydrogens is 280 g/mol. The number of nitrogens with zero attached hydrogens (tertiary/aromatic N) is 2. The molecule has 0 radical (unpaired) electrons. The first-order valence-electron chi connectivity index (χ1n) is 6.54. The Bertz CT molecular complexity index is 463. The van der Waals surface area contributed by atoms with Gasteiger partial charge in [-0.05, 0) is 12.8 Å². The second kappa shape index (κ2) is 6.81. The van der Waals surface area contributed by atoms with Crippen LogP contribution < -0.4 is 0 Å². The van der Waals surface area contributed by atoms with Gasteiger partial charge in [0.05, 0.1) is 29.8 Å². The van der Waals surface area contributed by atoms with Gasteiger partial charge < -0.3 is 14.7 Å². The molecule has 110 valence electrons. The molecule has 1 fully saturated rings. The summed E-state index contributed by atoms with van der Waals surface area (Å²) in [5.41, 5.74) is 2.33. The summed E-state index contributed by atoms with van der Waals surface area (Å²) in [6, 6.07) is -0.496. The molecule has 2 rings (SSSR count). The molecule has 1 N–H and O–H groups in total. The van der Waals surface area contributed by atoms with Crippen LogP contribution in [0.5, 0.6) is 0 Å². The summed E-state index contributed by atoms with van der Waals surface area (Å²) in [5.74, 6) is -1.51. The number of methoxy groups -OCH3 is 1. The fourth-order valence-electron chi connectivity index (χ4n) is 2.59. The van der Waals surface area contributed by atoms with E-state index in [4.69, 9.17) is 4.74 Å². The van der Waals surface area contributed by atoms with Gasteiger partial charge in [0.2, 0.25) is 5.91 Å². The molecule has 1 aromatic rings. The summed E-state index contributed by atoms with van der Waals surface area (Å²) in [7, 11) is 1.56. The van der Waals surface area contributed by atoms with Crippen molar-refractivity contribution in [3.05, 3.63) is 16.6 Å². The molecule has 1 amide bonds. The van der Waals surface area contributed by atoms with Crippen molar-refractivity contribution in [1.82, 2.24) is 9.88 Å². The molecular formula is C13H18N2O4S. The standard InChI is InChI=1S/C13H18N2O4S/c1-19-6-5-15-11(16)4-2-3-9(13(17)18)12(15)10-7-20-8-14-10/h7-9,12H,2-6H2,1H3,(H,17,18). The Morgan fingerprint density at radius 2 is 2.45 bits per heavy atom. The van der Waals surface area contributed by atoms with Crippen LogP contribution >= 0.6 is 11.3 Å².